The van der Waals surface area contributed by atoms with Crippen molar-refractivity contribution in [2.45, 2.75) is 25.1 Å². The number of rotatable bonds is 6. The third kappa shape index (κ3) is 6.25. The van der Waals surface area contributed by atoms with Crippen molar-refractivity contribution >= 4 is 11.9 Å². The number of aliphatic carboxylic acids is 1. The Bertz CT molecular complexity index is 338. The molecule has 0 spiro atoms. The molecule has 0 unspecified atom stereocenters. The van der Waals surface area contributed by atoms with Gasteiger partial charge in [-0.05, 0) is 18.4 Å². The van der Waals surface area contributed by atoms with E-state index >= 15 is 0 Å². The predicted molar refractivity (Wildman–Crippen MR) is 48.9 cm³/mol. The zero-order valence-electron chi connectivity index (χ0n) is 8.44. The van der Waals surface area contributed by atoms with Crippen LogP contribution in [0.4, 0.5) is 13.2 Å². The van der Waals surface area contributed by atoms with Crippen LogP contribution < -0.4 is 5.32 Å². The van der Waals surface area contributed by atoms with Gasteiger partial charge in [-0.2, -0.15) is 13.2 Å². The second kappa shape index (κ2) is 6.59. The number of hydrogen-bond donors (Lipinski definition) is 2. The summed E-state index contributed by atoms with van der Waals surface area (Å²) >= 11 is 0. The van der Waals surface area contributed by atoms with Crippen molar-refractivity contribution in [1.29, 1.82) is 0 Å². The van der Waals surface area contributed by atoms with E-state index in [0.717, 1.165) is 0 Å². The Labute approximate surface area is 93.2 Å². The largest absolute Gasteiger partial charge is 0.480 e. The fourth-order valence-electron chi connectivity index (χ4n) is 0.908. The molecule has 0 aliphatic heterocycles. The summed E-state index contributed by atoms with van der Waals surface area (Å²) in [5.41, 5.74) is 7.92. The highest BCUT2D eigenvalue weighted by Gasteiger charge is 2.40. The van der Waals surface area contributed by atoms with Crippen LogP contribution in [0.1, 0.15) is 12.8 Å². The Hall–Kier alpha value is -1.96. The minimum absolute atomic E-state index is 0.0534. The third-order valence-corrected chi connectivity index (χ3v) is 1.68. The van der Waals surface area contributed by atoms with Crippen LogP contribution in [-0.4, -0.2) is 35.7 Å². The lowest BCUT2D eigenvalue weighted by Crippen LogP contribution is -2.46. The molecule has 17 heavy (non-hydrogen) atoms. The van der Waals surface area contributed by atoms with Crippen LogP contribution in [0.3, 0.4) is 0 Å². The van der Waals surface area contributed by atoms with Gasteiger partial charge in [-0.25, -0.2) is 4.79 Å². The quantitative estimate of drug-likeness (QED) is 0.321. The summed E-state index contributed by atoms with van der Waals surface area (Å²) in [4.78, 5) is 23.4. The monoisotopic (exact) mass is 254 g/mol. The molecule has 0 aliphatic carbocycles. The number of nitrogens with one attached hydrogen (secondary N) is 1. The minimum Gasteiger partial charge on any atom is -0.480 e. The molecule has 0 rings (SSSR count). The molecule has 7 nitrogen and oxygen atoms in total. The number of amides is 1. The summed E-state index contributed by atoms with van der Waals surface area (Å²) < 4.78 is 35.5. The number of azide groups is 1. The van der Waals surface area contributed by atoms with Crippen molar-refractivity contribution in [1.82, 2.24) is 5.32 Å². The topological polar surface area (TPSA) is 115 Å². The molecule has 0 aromatic carbocycles. The highest BCUT2D eigenvalue weighted by atomic mass is 19.4. The molecule has 10 heteroatoms. The number of hydrogen-bond acceptors (Lipinski definition) is 3. The molecule has 2 N–H and O–H groups in total. The molecule has 0 saturated carbocycles. The summed E-state index contributed by atoms with van der Waals surface area (Å²) in [5, 5.41) is 13.0. The molecular weight excluding hydrogens is 245 g/mol. The number of carboxylic acid groups (broad SMARTS) is 1. The lowest BCUT2D eigenvalue weighted by molar-refractivity contribution is -0.175. The molecule has 0 aromatic rings. The summed E-state index contributed by atoms with van der Waals surface area (Å²) in [5.74, 6) is -3.89. The van der Waals surface area contributed by atoms with Crippen molar-refractivity contribution in [2.24, 2.45) is 5.11 Å². The summed E-state index contributed by atoms with van der Waals surface area (Å²) in [7, 11) is 0. The first-order valence-electron chi connectivity index (χ1n) is 4.40. The Kier molecular flexibility index (Phi) is 5.83. The maximum absolute atomic E-state index is 11.8. The Balaban J connectivity index is 4.30. The molecule has 0 aromatic heterocycles. The molecular formula is C7H9F3N4O3. The van der Waals surface area contributed by atoms with Crippen LogP contribution >= 0.6 is 0 Å². The highest BCUT2D eigenvalue weighted by Crippen LogP contribution is 2.15. The van der Waals surface area contributed by atoms with Crippen molar-refractivity contribution < 1.29 is 27.9 Å². The lowest BCUT2D eigenvalue weighted by atomic mass is 10.1. The van der Waals surface area contributed by atoms with Gasteiger partial charge in [0.25, 0.3) is 0 Å². The smallest absolute Gasteiger partial charge is 0.471 e. The van der Waals surface area contributed by atoms with E-state index in [1.54, 1.807) is 0 Å². The number of carbonyl (C=O) groups excluding carboxylic acids is 1. The molecule has 96 valence electrons. The Morgan fingerprint density at radius 1 is 1.47 bits per heavy atom. The second-order valence-electron chi connectivity index (χ2n) is 2.96. The van der Waals surface area contributed by atoms with E-state index in [2.05, 4.69) is 10.0 Å². The molecule has 1 atom stereocenters. The van der Waals surface area contributed by atoms with E-state index in [4.69, 9.17) is 10.6 Å². The van der Waals surface area contributed by atoms with Gasteiger partial charge in [0.1, 0.15) is 6.04 Å². The number of alkyl halides is 3. The molecule has 1 amide bonds. The fraction of sp³-hybridized carbons (Fsp3) is 0.714. The molecule has 0 heterocycles. The normalized spacial score (nSPS) is 12.4. The first-order valence-corrected chi connectivity index (χ1v) is 4.40. The first-order chi connectivity index (χ1) is 7.79. The third-order valence-electron chi connectivity index (χ3n) is 1.68. The van der Waals surface area contributed by atoms with Crippen molar-refractivity contribution in [2.75, 3.05) is 6.54 Å². The highest BCUT2D eigenvalue weighted by molar-refractivity contribution is 5.86. The SMILES string of the molecule is [N-]=[N+]=NCCC[C@H](NC(=O)C(F)(F)F)C(=O)O. The van der Waals surface area contributed by atoms with Crippen molar-refractivity contribution in [3.63, 3.8) is 0 Å². The van der Waals surface area contributed by atoms with Crippen molar-refractivity contribution in [3.8, 4) is 0 Å². The van der Waals surface area contributed by atoms with Crippen LogP contribution in [0, 0.1) is 0 Å². The molecule has 0 fully saturated rings. The zero-order valence-corrected chi connectivity index (χ0v) is 8.44. The average Bonchev–Trinajstić information content (AvgIpc) is 2.20. The van der Waals surface area contributed by atoms with Gasteiger partial charge in [-0.15, -0.1) is 0 Å². The Morgan fingerprint density at radius 3 is 2.47 bits per heavy atom. The number of carbonyl (C=O) groups is 2. The maximum Gasteiger partial charge on any atom is 0.471 e. The van der Waals surface area contributed by atoms with Crippen LogP contribution in [0.25, 0.3) is 10.4 Å². The van der Waals surface area contributed by atoms with E-state index in [1.165, 1.54) is 5.32 Å². The van der Waals surface area contributed by atoms with Crippen molar-refractivity contribution in [3.05, 3.63) is 10.4 Å². The molecule has 0 saturated heterocycles. The van der Waals surface area contributed by atoms with Crippen LogP contribution in [0.2, 0.25) is 0 Å². The van der Waals surface area contributed by atoms with Crippen LogP contribution in [-0.2, 0) is 9.59 Å². The van der Waals surface area contributed by atoms with E-state index in [1.807, 2.05) is 0 Å². The van der Waals surface area contributed by atoms with E-state index in [9.17, 15) is 22.8 Å². The van der Waals surface area contributed by atoms with Gasteiger partial charge in [-0.3, -0.25) is 4.79 Å². The van der Waals surface area contributed by atoms with E-state index in [-0.39, 0.29) is 19.4 Å². The van der Waals surface area contributed by atoms with Gasteiger partial charge < -0.3 is 10.4 Å². The van der Waals surface area contributed by atoms with Gasteiger partial charge in [0, 0.05) is 11.5 Å². The lowest BCUT2D eigenvalue weighted by Gasteiger charge is -2.14. The molecule has 0 aliphatic rings. The summed E-state index contributed by atoms with van der Waals surface area (Å²) in [6.07, 6.45) is -5.33. The van der Waals surface area contributed by atoms with Crippen LogP contribution in [0.15, 0.2) is 5.11 Å². The van der Waals surface area contributed by atoms with Gasteiger partial charge in [0.2, 0.25) is 0 Å². The number of carboxylic acids is 1. The predicted octanol–water partition coefficient (Wildman–Crippen LogP) is 1.21. The van der Waals surface area contributed by atoms with Gasteiger partial charge in [0.15, 0.2) is 0 Å². The second-order valence-corrected chi connectivity index (χ2v) is 2.96. The van der Waals surface area contributed by atoms with E-state index in [0.29, 0.717) is 0 Å². The number of halogens is 3. The van der Waals surface area contributed by atoms with Crippen LogP contribution in [0.5, 0.6) is 0 Å². The zero-order chi connectivity index (χ0) is 13.5. The maximum atomic E-state index is 11.8. The van der Waals surface area contributed by atoms with Gasteiger partial charge in [0.05, 0.1) is 0 Å². The first kappa shape index (κ1) is 15.0. The van der Waals surface area contributed by atoms with Gasteiger partial charge in [-0.1, -0.05) is 5.11 Å². The van der Waals surface area contributed by atoms with E-state index < -0.39 is 24.1 Å². The summed E-state index contributed by atoms with van der Waals surface area (Å²) in [6.45, 7) is -0.0534. The Morgan fingerprint density at radius 2 is 2.06 bits per heavy atom. The standard InChI is InChI=1S/C7H9F3N4O3/c8-7(9,10)6(17)13-4(5(15)16)2-1-3-12-14-11/h4H,1-3H2,(H,13,17)(H,15,16)/t4-/m0/s1. The minimum atomic E-state index is -5.13. The molecule has 0 radical (unpaired) electrons. The number of nitrogens with zero attached hydrogens (tertiary/aromatic N) is 3. The van der Waals surface area contributed by atoms with Gasteiger partial charge >= 0.3 is 18.1 Å². The summed E-state index contributed by atoms with van der Waals surface area (Å²) in [6, 6.07) is -1.65. The molecule has 0 bridgehead atoms. The fourth-order valence-corrected chi connectivity index (χ4v) is 0.908. The average molecular weight is 254 g/mol.